The van der Waals surface area contributed by atoms with E-state index in [0.717, 1.165) is 35.9 Å². The maximum absolute atomic E-state index is 12.6. The minimum absolute atomic E-state index is 0.203. The maximum Gasteiger partial charge on any atom is 0.323 e. The molecule has 0 aliphatic carbocycles. The first-order chi connectivity index (χ1) is 13.0. The first-order valence-electron chi connectivity index (χ1n) is 8.86. The van der Waals surface area contributed by atoms with E-state index in [4.69, 9.17) is 9.47 Å². The molecule has 0 bridgehead atoms. The number of carbonyl (C=O) groups excluding carboxylic acids is 1. The Morgan fingerprint density at radius 1 is 1.00 bits per heavy atom. The van der Waals surface area contributed by atoms with Crippen molar-refractivity contribution >= 4 is 17.5 Å². The average molecular weight is 371 g/mol. The zero-order valence-corrected chi connectivity index (χ0v) is 16.2. The van der Waals surface area contributed by atoms with Crippen LogP contribution in [0.15, 0.2) is 24.3 Å². The Balaban J connectivity index is 1.65. The molecular weight excluding hydrogens is 346 g/mol. The minimum Gasteiger partial charge on any atom is -0.495 e. The van der Waals surface area contributed by atoms with Gasteiger partial charge in [-0.25, -0.2) is 14.8 Å². The summed E-state index contributed by atoms with van der Waals surface area (Å²) in [5, 5.41) is 2.82. The van der Waals surface area contributed by atoms with Crippen molar-refractivity contribution in [1.29, 1.82) is 0 Å². The summed E-state index contributed by atoms with van der Waals surface area (Å²) >= 11 is 0. The number of hydrogen-bond acceptors (Lipinski definition) is 6. The lowest BCUT2D eigenvalue weighted by molar-refractivity contribution is 0.208. The topological polar surface area (TPSA) is 79.8 Å². The molecule has 1 aliphatic rings. The van der Waals surface area contributed by atoms with Crippen molar-refractivity contribution < 1.29 is 14.3 Å². The first kappa shape index (κ1) is 18.8. The summed E-state index contributed by atoms with van der Waals surface area (Å²) in [6.45, 7) is 6.36. The highest BCUT2D eigenvalue weighted by atomic mass is 16.5. The van der Waals surface area contributed by atoms with Crippen LogP contribution in [0.2, 0.25) is 0 Å². The van der Waals surface area contributed by atoms with Gasteiger partial charge in [0.05, 0.1) is 31.3 Å². The summed E-state index contributed by atoms with van der Waals surface area (Å²) in [4.78, 5) is 25.3. The highest BCUT2D eigenvalue weighted by molar-refractivity contribution is 5.89. The van der Waals surface area contributed by atoms with Crippen molar-refractivity contribution in [2.45, 2.75) is 13.8 Å². The fraction of sp³-hybridized carbons (Fsp3) is 0.421. The summed E-state index contributed by atoms with van der Waals surface area (Å²) in [6, 6.07) is 7.71. The van der Waals surface area contributed by atoms with Crippen molar-refractivity contribution in [3.8, 4) is 11.6 Å². The second-order valence-electron chi connectivity index (χ2n) is 6.33. The number of carbonyl (C=O) groups is 1. The molecule has 3 rings (SSSR count). The van der Waals surface area contributed by atoms with Crippen LogP contribution in [0.1, 0.15) is 11.4 Å². The number of hydrogen-bond donors (Lipinski definition) is 1. The van der Waals surface area contributed by atoms with Gasteiger partial charge in [0, 0.05) is 26.2 Å². The number of urea groups is 1. The number of piperazine rings is 1. The van der Waals surface area contributed by atoms with Gasteiger partial charge < -0.3 is 19.3 Å². The third kappa shape index (κ3) is 4.05. The number of methoxy groups -OCH3 is 2. The van der Waals surface area contributed by atoms with Crippen molar-refractivity contribution in [3.05, 3.63) is 35.7 Å². The van der Waals surface area contributed by atoms with Gasteiger partial charge in [0.2, 0.25) is 0 Å². The molecule has 8 heteroatoms. The number of rotatable bonds is 4. The minimum atomic E-state index is -0.203. The van der Waals surface area contributed by atoms with E-state index in [0.29, 0.717) is 24.8 Å². The highest BCUT2D eigenvalue weighted by Crippen LogP contribution is 2.28. The lowest BCUT2D eigenvalue weighted by Crippen LogP contribution is -2.50. The van der Waals surface area contributed by atoms with Gasteiger partial charge in [-0.3, -0.25) is 5.32 Å². The van der Waals surface area contributed by atoms with Gasteiger partial charge >= 0.3 is 6.03 Å². The van der Waals surface area contributed by atoms with Gasteiger partial charge in [-0.2, -0.15) is 0 Å². The summed E-state index contributed by atoms with van der Waals surface area (Å²) in [7, 11) is 3.18. The van der Waals surface area contributed by atoms with Gasteiger partial charge in [-0.05, 0) is 26.0 Å². The first-order valence-corrected chi connectivity index (χ1v) is 8.86. The smallest absolute Gasteiger partial charge is 0.323 e. The number of nitrogens with zero attached hydrogens (tertiary/aromatic N) is 4. The quantitative estimate of drug-likeness (QED) is 0.889. The monoisotopic (exact) mass is 371 g/mol. The van der Waals surface area contributed by atoms with Gasteiger partial charge in [0.15, 0.2) is 5.82 Å². The highest BCUT2D eigenvalue weighted by Gasteiger charge is 2.24. The normalized spacial score (nSPS) is 14.1. The maximum atomic E-state index is 12.6. The fourth-order valence-electron chi connectivity index (χ4n) is 3.03. The van der Waals surface area contributed by atoms with E-state index < -0.39 is 0 Å². The Morgan fingerprint density at radius 3 is 2.33 bits per heavy atom. The number of ether oxygens (including phenoxy) is 2. The number of nitrogens with one attached hydrogen (secondary N) is 1. The Bertz CT molecular complexity index is 819. The van der Waals surface area contributed by atoms with Crippen LogP contribution in [0.25, 0.3) is 0 Å². The molecule has 0 spiro atoms. The molecule has 2 amide bonds. The molecule has 1 aromatic heterocycles. The number of aryl methyl sites for hydroxylation is 2. The molecule has 1 aromatic carbocycles. The summed E-state index contributed by atoms with van der Waals surface area (Å²) in [5.41, 5.74) is 2.57. The van der Waals surface area contributed by atoms with Gasteiger partial charge in [0.1, 0.15) is 5.75 Å². The van der Waals surface area contributed by atoms with E-state index in [1.807, 2.05) is 38.1 Å². The molecule has 1 fully saturated rings. The van der Waals surface area contributed by atoms with E-state index in [9.17, 15) is 4.79 Å². The predicted molar refractivity (Wildman–Crippen MR) is 104 cm³/mol. The van der Waals surface area contributed by atoms with E-state index in [-0.39, 0.29) is 6.03 Å². The molecule has 1 N–H and O–H groups in total. The van der Waals surface area contributed by atoms with Crippen LogP contribution in [-0.2, 0) is 0 Å². The summed E-state index contributed by atoms with van der Waals surface area (Å²) in [5.74, 6) is 1.50. The second-order valence-corrected chi connectivity index (χ2v) is 6.33. The molecule has 0 unspecified atom stereocenters. The Hall–Kier alpha value is -3.03. The standard InChI is InChI=1S/C19H25N5O3/c1-13-14(2)21-18(27-4)17(20-13)22-19(25)24-11-9-23(10-12-24)15-7-5-6-8-16(15)26-3/h5-8H,9-12H2,1-4H3,(H,20,22,25). The molecule has 2 heterocycles. The van der Waals surface area contributed by atoms with E-state index in [1.165, 1.54) is 7.11 Å². The van der Waals surface area contributed by atoms with Crippen LogP contribution in [0, 0.1) is 13.8 Å². The van der Waals surface area contributed by atoms with Crippen LogP contribution in [0.5, 0.6) is 11.6 Å². The third-order valence-electron chi connectivity index (χ3n) is 4.69. The second kappa shape index (κ2) is 8.11. The van der Waals surface area contributed by atoms with Crippen molar-refractivity contribution in [3.63, 3.8) is 0 Å². The molecule has 144 valence electrons. The zero-order chi connectivity index (χ0) is 19.4. The molecule has 0 radical (unpaired) electrons. The zero-order valence-electron chi connectivity index (χ0n) is 16.2. The SMILES string of the molecule is COc1ccccc1N1CCN(C(=O)Nc2nc(C)c(C)nc2OC)CC1. The Labute approximate surface area is 159 Å². The van der Waals surface area contributed by atoms with Crippen LogP contribution in [0.3, 0.4) is 0 Å². The molecule has 2 aromatic rings. The van der Waals surface area contributed by atoms with Crippen LogP contribution in [0.4, 0.5) is 16.3 Å². The number of para-hydroxylation sites is 2. The Kier molecular flexibility index (Phi) is 5.63. The lowest BCUT2D eigenvalue weighted by Gasteiger charge is -2.36. The number of aromatic nitrogens is 2. The summed E-state index contributed by atoms with van der Waals surface area (Å²) < 4.78 is 10.7. The average Bonchev–Trinajstić information content (AvgIpc) is 2.70. The number of amides is 2. The van der Waals surface area contributed by atoms with E-state index in [1.54, 1.807) is 12.0 Å². The van der Waals surface area contributed by atoms with Crippen LogP contribution < -0.4 is 19.7 Å². The molecule has 1 aliphatic heterocycles. The van der Waals surface area contributed by atoms with Crippen molar-refractivity contribution in [1.82, 2.24) is 14.9 Å². The lowest BCUT2D eigenvalue weighted by atomic mass is 10.2. The van der Waals surface area contributed by atoms with Crippen molar-refractivity contribution in [2.75, 3.05) is 50.6 Å². The molecular formula is C19H25N5O3. The molecule has 27 heavy (non-hydrogen) atoms. The summed E-state index contributed by atoms with van der Waals surface area (Å²) in [6.07, 6.45) is 0. The molecule has 0 saturated carbocycles. The predicted octanol–water partition coefficient (Wildman–Crippen LogP) is 2.46. The number of anilines is 2. The van der Waals surface area contributed by atoms with Crippen LogP contribution >= 0.6 is 0 Å². The Morgan fingerprint density at radius 2 is 1.67 bits per heavy atom. The van der Waals surface area contributed by atoms with Gasteiger partial charge in [0.25, 0.3) is 5.88 Å². The fourth-order valence-corrected chi connectivity index (χ4v) is 3.03. The number of benzene rings is 1. The molecule has 0 atom stereocenters. The van der Waals surface area contributed by atoms with E-state index in [2.05, 4.69) is 20.2 Å². The van der Waals surface area contributed by atoms with E-state index >= 15 is 0 Å². The molecule has 8 nitrogen and oxygen atoms in total. The van der Waals surface area contributed by atoms with Crippen molar-refractivity contribution in [2.24, 2.45) is 0 Å². The molecule has 1 saturated heterocycles. The third-order valence-corrected chi connectivity index (χ3v) is 4.69. The van der Waals surface area contributed by atoms with Gasteiger partial charge in [-0.15, -0.1) is 0 Å². The van der Waals surface area contributed by atoms with Crippen LogP contribution in [-0.4, -0.2) is 61.3 Å². The largest absolute Gasteiger partial charge is 0.495 e. The van der Waals surface area contributed by atoms with Gasteiger partial charge in [-0.1, -0.05) is 12.1 Å².